The van der Waals surface area contributed by atoms with E-state index in [9.17, 15) is 0 Å². The van der Waals surface area contributed by atoms with Crippen LogP contribution in [0, 0.1) is 0 Å². The lowest BCUT2D eigenvalue weighted by atomic mass is 9.87. The summed E-state index contributed by atoms with van der Waals surface area (Å²) in [4.78, 5) is 2.35. The molecule has 0 aliphatic rings. The Morgan fingerprint density at radius 3 is 0.672 bits per heavy atom. The predicted molar refractivity (Wildman–Crippen MR) is 259 cm³/mol. The first-order valence-electron chi connectivity index (χ1n) is 20.9. The summed E-state index contributed by atoms with van der Waals surface area (Å²) in [7, 11) is 0. The summed E-state index contributed by atoms with van der Waals surface area (Å²) in [6, 6.07) is 93.8. The Balaban J connectivity index is 1.01. The van der Waals surface area contributed by atoms with E-state index in [2.05, 4.69) is 266 Å². The van der Waals surface area contributed by atoms with Crippen molar-refractivity contribution >= 4 is 17.1 Å². The van der Waals surface area contributed by atoms with E-state index in [4.69, 9.17) is 0 Å². The van der Waals surface area contributed by atoms with Gasteiger partial charge in [0.15, 0.2) is 0 Å². The third kappa shape index (κ3) is 7.81. The third-order valence-electron chi connectivity index (χ3n) is 11.6. The summed E-state index contributed by atoms with van der Waals surface area (Å²) in [5, 5.41) is 0. The molecule has 1 nitrogen and oxygen atoms in total. The lowest BCUT2D eigenvalue weighted by Gasteiger charge is -2.26. The number of hydrogen-bond donors (Lipinski definition) is 0. The van der Waals surface area contributed by atoms with Gasteiger partial charge in [0.25, 0.3) is 0 Å². The van der Waals surface area contributed by atoms with E-state index in [-0.39, 0.29) is 0 Å². The van der Waals surface area contributed by atoms with Crippen LogP contribution in [0.25, 0.3) is 77.9 Å². The Morgan fingerprint density at radius 2 is 0.344 bits per heavy atom. The van der Waals surface area contributed by atoms with Crippen LogP contribution in [0.2, 0.25) is 0 Å². The van der Waals surface area contributed by atoms with Gasteiger partial charge in [0.1, 0.15) is 0 Å². The Labute approximate surface area is 359 Å². The highest BCUT2D eigenvalue weighted by Crippen LogP contribution is 2.43. The summed E-state index contributed by atoms with van der Waals surface area (Å²) in [5.41, 5.74) is 20.1. The molecule has 0 spiro atoms. The normalized spacial score (nSPS) is 11.0. The average molecular weight is 778 g/mol. The van der Waals surface area contributed by atoms with Crippen molar-refractivity contribution in [3.8, 4) is 77.9 Å². The van der Waals surface area contributed by atoms with Gasteiger partial charge in [0.2, 0.25) is 0 Å². The molecule has 10 aromatic rings. The van der Waals surface area contributed by atoms with Gasteiger partial charge in [-0.2, -0.15) is 0 Å². The molecule has 0 amide bonds. The van der Waals surface area contributed by atoms with E-state index in [1.54, 1.807) is 0 Å². The van der Waals surface area contributed by atoms with Gasteiger partial charge in [0.05, 0.1) is 0 Å². The monoisotopic (exact) mass is 777 g/mol. The molecule has 0 saturated carbocycles. The molecule has 0 saturated heterocycles. The first-order chi connectivity index (χ1) is 30.3. The maximum atomic E-state index is 2.35. The molecule has 1 heteroatoms. The third-order valence-corrected chi connectivity index (χ3v) is 11.6. The van der Waals surface area contributed by atoms with Crippen molar-refractivity contribution in [2.75, 3.05) is 4.90 Å². The van der Waals surface area contributed by atoms with Gasteiger partial charge in [-0.1, -0.05) is 224 Å². The van der Waals surface area contributed by atoms with Crippen LogP contribution < -0.4 is 4.90 Å². The van der Waals surface area contributed by atoms with Crippen LogP contribution in [-0.2, 0) is 0 Å². The molecule has 0 atom stereocenters. The SMILES string of the molecule is c1ccc(-c2ccc(-c3ccc(N(c4ccc(-c5ccccc5)cc4)c4ccc(-c5ccccc5-c5ccccc5-c5ccccc5-c5ccccc5)cc4)cc3)cc2)cc1. The molecule has 0 radical (unpaired) electrons. The Hall–Kier alpha value is -8.00. The smallest absolute Gasteiger partial charge is 0.0462 e. The molecule has 0 unspecified atom stereocenters. The van der Waals surface area contributed by atoms with Crippen molar-refractivity contribution in [3.63, 3.8) is 0 Å². The minimum Gasteiger partial charge on any atom is -0.311 e. The second-order valence-corrected chi connectivity index (χ2v) is 15.3. The molecule has 0 heterocycles. The zero-order chi connectivity index (χ0) is 40.8. The van der Waals surface area contributed by atoms with Gasteiger partial charge >= 0.3 is 0 Å². The second-order valence-electron chi connectivity index (χ2n) is 15.3. The number of anilines is 3. The van der Waals surface area contributed by atoms with Gasteiger partial charge in [-0.3, -0.25) is 0 Å². The van der Waals surface area contributed by atoms with Crippen LogP contribution in [0.1, 0.15) is 0 Å². The van der Waals surface area contributed by atoms with Crippen LogP contribution in [0.5, 0.6) is 0 Å². The van der Waals surface area contributed by atoms with Crippen LogP contribution in [0.4, 0.5) is 17.1 Å². The second kappa shape index (κ2) is 17.1. The van der Waals surface area contributed by atoms with Crippen LogP contribution in [-0.4, -0.2) is 0 Å². The number of nitrogens with zero attached hydrogens (tertiary/aromatic N) is 1. The average Bonchev–Trinajstić information content (AvgIpc) is 3.36. The summed E-state index contributed by atoms with van der Waals surface area (Å²) < 4.78 is 0. The van der Waals surface area contributed by atoms with Crippen molar-refractivity contribution in [3.05, 3.63) is 261 Å². The maximum absolute atomic E-state index is 2.35. The number of hydrogen-bond acceptors (Lipinski definition) is 1. The minimum absolute atomic E-state index is 1.09. The quantitative estimate of drug-likeness (QED) is 0.134. The van der Waals surface area contributed by atoms with Crippen molar-refractivity contribution in [2.45, 2.75) is 0 Å². The first kappa shape index (κ1) is 37.3. The molecule has 0 bridgehead atoms. The largest absolute Gasteiger partial charge is 0.311 e. The Morgan fingerprint density at radius 1 is 0.148 bits per heavy atom. The van der Waals surface area contributed by atoms with Gasteiger partial charge in [-0.15, -0.1) is 0 Å². The number of benzene rings is 10. The lowest BCUT2D eigenvalue weighted by molar-refractivity contribution is 1.28. The highest BCUT2D eigenvalue weighted by atomic mass is 15.1. The Bertz CT molecular complexity index is 3010. The maximum Gasteiger partial charge on any atom is 0.0462 e. The fraction of sp³-hybridized carbons (Fsp3) is 0. The molecule has 61 heavy (non-hydrogen) atoms. The highest BCUT2D eigenvalue weighted by Gasteiger charge is 2.17. The van der Waals surface area contributed by atoms with Crippen LogP contribution in [0.3, 0.4) is 0 Å². The van der Waals surface area contributed by atoms with E-state index < -0.39 is 0 Å². The van der Waals surface area contributed by atoms with Crippen LogP contribution in [0.15, 0.2) is 261 Å². The molecule has 0 fully saturated rings. The van der Waals surface area contributed by atoms with Gasteiger partial charge < -0.3 is 4.90 Å². The summed E-state index contributed by atoms with van der Waals surface area (Å²) in [5.74, 6) is 0. The van der Waals surface area contributed by atoms with Gasteiger partial charge in [-0.05, 0) is 114 Å². The molecule has 10 aromatic carbocycles. The van der Waals surface area contributed by atoms with E-state index in [0.29, 0.717) is 0 Å². The molecule has 10 rings (SSSR count). The van der Waals surface area contributed by atoms with Gasteiger partial charge in [0, 0.05) is 17.1 Å². The molecule has 0 aliphatic heterocycles. The van der Waals surface area contributed by atoms with Crippen molar-refractivity contribution in [2.24, 2.45) is 0 Å². The molecular formula is C60H43N. The molecule has 0 N–H and O–H groups in total. The van der Waals surface area contributed by atoms with E-state index in [0.717, 1.165) is 17.1 Å². The van der Waals surface area contributed by atoms with Crippen molar-refractivity contribution < 1.29 is 0 Å². The predicted octanol–water partition coefficient (Wildman–Crippen LogP) is 16.8. The molecular weight excluding hydrogens is 735 g/mol. The van der Waals surface area contributed by atoms with E-state index in [1.165, 1.54) is 77.9 Å². The van der Waals surface area contributed by atoms with E-state index in [1.807, 2.05) is 0 Å². The topological polar surface area (TPSA) is 3.24 Å². The fourth-order valence-corrected chi connectivity index (χ4v) is 8.47. The molecule has 288 valence electrons. The molecule has 0 aliphatic carbocycles. The first-order valence-corrected chi connectivity index (χ1v) is 20.9. The fourth-order valence-electron chi connectivity index (χ4n) is 8.47. The number of rotatable bonds is 10. The van der Waals surface area contributed by atoms with Crippen molar-refractivity contribution in [1.29, 1.82) is 0 Å². The van der Waals surface area contributed by atoms with Gasteiger partial charge in [-0.25, -0.2) is 0 Å². The van der Waals surface area contributed by atoms with Crippen molar-refractivity contribution in [1.82, 2.24) is 0 Å². The summed E-state index contributed by atoms with van der Waals surface area (Å²) in [6.07, 6.45) is 0. The van der Waals surface area contributed by atoms with E-state index >= 15 is 0 Å². The Kier molecular flexibility index (Phi) is 10.4. The zero-order valence-corrected chi connectivity index (χ0v) is 33.8. The summed E-state index contributed by atoms with van der Waals surface area (Å²) >= 11 is 0. The molecule has 0 aromatic heterocycles. The summed E-state index contributed by atoms with van der Waals surface area (Å²) in [6.45, 7) is 0. The van der Waals surface area contributed by atoms with Crippen LogP contribution >= 0.6 is 0 Å². The minimum atomic E-state index is 1.09. The highest BCUT2D eigenvalue weighted by molar-refractivity contribution is 5.96. The lowest BCUT2D eigenvalue weighted by Crippen LogP contribution is -2.09. The zero-order valence-electron chi connectivity index (χ0n) is 33.8. The standard InChI is InChI=1S/C60H43N/c1-4-16-44(17-5-1)46-28-30-47(31-29-46)49-34-40-53(41-35-49)61(52-38-32-48(33-39-52)45-18-6-2-7-19-45)54-42-36-51(37-43-54)56-23-11-13-25-58(56)60-27-15-14-26-59(60)57-24-12-10-22-55(57)50-20-8-3-9-21-50/h1-43H.